The van der Waals surface area contributed by atoms with E-state index < -0.39 is 10.8 Å². The summed E-state index contributed by atoms with van der Waals surface area (Å²) in [5.74, 6) is -1.19. The van der Waals surface area contributed by atoms with Gasteiger partial charge in [-0.3, -0.25) is 14.9 Å². The van der Waals surface area contributed by atoms with E-state index in [0.717, 1.165) is 32.1 Å². The normalized spacial score (nSPS) is 10.4. The highest BCUT2D eigenvalue weighted by molar-refractivity contribution is 6.06. The Hall–Kier alpha value is -2.31. The summed E-state index contributed by atoms with van der Waals surface area (Å²) >= 11 is 0. The molecule has 0 aromatic carbocycles. The fourth-order valence-electron chi connectivity index (χ4n) is 2.39. The Balaban J connectivity index is 2.64. The molecule has 7 heteroatoms. The van der Waals surface area contributed by atoms with E-state index in [2.05, 4.69) is 17.2 Å². The molecule has 0 unspecified atom stereocenters. The third-order valence-corrected chi connectivity index (χ3v) is 3.56. The molecule has 126 valence electrons. The molecule has 0 aliphatic heterocycles. The van der Waals surface area contributed by atoms with Crippen molar-refractivity contribution in [2.75, 3.05) is 0 Å². The summed E-state index contributed by atoms with van der Waals surface area (Å²) in [5, 5.41) is 13.1. The van der Waals surface area contributed by atoms with Crippen LogP contribution in [-0.2, 0) is 4.79 Å². The van der Waals surface area contributed by atoms with Crippen molar-refractivity contribution in [2.24, 2.45) is 0 Å². The quantitative estimate of drug-likeness (QED) is 0.450. The van der Waals surface area contributed by atoms with Crippen molar-refractivity contribution in [2.45, 2.75) is 59.3 Å². The van der Waals surface area contributed by atoms with Crippen LogP contribution in [0.3, 0.4) is 0 Å². The third-order valence-electron chi connectivity index (χ3n) is 3.56. The second-order valence-electron chi connectivity index (χ2n) is 5.56. The summed E-state index contributed by atoms with van der Waals surface area (Å²) in [6.45, 7) is 5.23. The first kappa shape index (κ1) is 18.7. The van der Waals surface area contributed by atoms with Crippen LogP contribution >= 0.6 is 0 Å². The van der Waals surface area contributed by atoms with Crippen LogP contribution in [0.5, 0.6) is 0 Å². The number of hydrogen-bond donors (Lipinski definition) is 1. The minimum atomic E-state index is -0.608. The number of pyridine rings is 1. The number of nitrogens with one attached hydrogen (secondary N) is 1. The average molecular weight is 321 g/mol. The Morgan fingerprint density at radius 1 is 1.22 bits per heavy atom. The molecule has 0 spiro atoms. The summed E-state index contributed by atoms with van der Waals surface area (Å²) in [4.78, 5) is 37.9. The monoisotopic (exact) mass is 321 g/mol. The number of imide groups is 1. The van der Waals surface area contributed by atoms with E-state index in [9.17, 15) is 19.7 Å². The van der Waals surface area contributed by atoms with E-state index in [-0.39, 0.29) is 23.0 Å². The first-order valence-corrected chi connectivity index (χ1v) is 7.83. The Kier molecular flexibility index (Phi) is 7.31. The van der Waals surface area contributed by atoms with Crippen molar-refractivity contribution in [1.29, 1.82) is 0 Å². The first-order valence-electron chi connectivity index (χ1n) is 7.83. The van der Waals surface area contributed by atoms with Crippen molar-refractivity contribution >= 4 is 17.6 Å². The zero-order chi connectivity index (χ0) is 17.4. The van der Waals surface area contributed by atoms with Crippen molar-refractivity contribution in [3.05, 3.63) is 33.0 Å². The van der Waals surface area contributed by atoms with Crippen LogP contribution in [-0.4, -0.2) is 21.7 Å². The van der Waals surface area contributed by atoms with Crippen LogP contribution in [0.4, 0.5) is 5.82 Å². The lowest BCUT2D eigenvalue weighted by atomic mass is 10.1. The van der Waals surface area contributed by atoms with Gasteiger partial charge in [0.2, 0.25) is 5.91 Å². The zero-order valence-corrected chi connectivity index (χ0v) is 13.8. The molecule has 1 aromatic rings. The Bertz CT molecular complexity index is 576. The highest BCUT2D eigenvalue weighted by Gasteiger charge is 2.22. The number of nitrogens with zero attached hydrogens (tertiary/aromatic N) is 2. The highest BCUT2D eigenvalue weighted by atomic mass is 16.6. The van der Waals surface area contributed by atoms with E-state index in [0.29, 0.717) is 12.0 Å². The molecule has 1 N–H and O–H groups in total. The molecule has 2 amide bonds. The van der Waals surface area contributed by atoms with Gasteiger partial charge in [0.15, 0.2) is 5.69 Å². The lowest BCUT2D eigenvalue weighted by Gasteiger charge is -2.07. The molecule has 0 atom stereocenters. The molecule has 23 heavy (non-hydrogen) atoms. The number of aryl methyl sites for hydroxylation is 2. The van der Waals surface area contributed by atoms with Crippen LogP contribution in [0, 0.1) is 24.0 Å². The summed E-state index contributed by atoms with van der Waals surface area (Å²) < 4.78 is 0. The highest BCUT2D eigenvalue weighted by Crippen LogP contribution is 2.18. The van der Waals surface area contributed by atoms with Gasteiger partial charge in [0.05, 0.1) is 5.56 Å². The van der Waals surface area contributed by atoms with Gasteiger partial charge >= 0.3 is 5.82 Å². The molecule has 0 fully saturated rings. The fraction of sp³-hybridized carbons (Fsp3) is 0.562. The molecule has 0 radical (unpaired) electrons. The van der Waals surface area contributed by atoms with Crippen molar-refractivity contribution in [3.8, 4) is 0 Å². The standard InChI is InChI=1S/C16H23N3O4/c1-4-5-6-7-8-9-14(20)18-16(21)15-11(2)10-13(19(22)23)17-12(15)3/h10H,4-9H2,1-3H3,(H,18,20,21). The average Bonchev–Trinajstić information content (AvgIpc) is 2.46. The van der Waals surface area contributed by atoms with E-state index in [1.807, 2.05) is 0 Å². The summed E-state index contributed by atoms with van der Waals surface area (Å²) in [6.07, 6.45) is 5.38. The van der Waals surface area contributed by atoms with E-state index in [4.69, 9.17) is 0 Å². The SMILES string of the molecule is CCCCCCCC(=O)NC(=O)c1c(C)cc([N+](=O)[O-])nc1C. The Morgan fingerprint density at radius 2 is 1.87 bits per heavy atom. The van der Waals surface area contributed by atoms with Crippen LogP contribution in [0.15, 0.2) is 6.07 Å². The molecule has 0 aliphatic carbocycles. The molecule has 1 aromatic heterocycles. The Labute approximate surface area is 135 Å². The van der Waals surface area contributed by atoms with Gasteiger partial charge in [0.25, 0.3) is 5.91 Å². The van der Waals surface area contributed by atoms with Crippen LogP contribution in [0.2, 0.25) is 0 Å². The number of nitro groups is 1. The minimum Gasteiger partial charge on any atom is -0.358 e. The largest absolute Gasteiger partial charge is 0.363 e. The maximum atomic E-state index is 12.2. The second-order valence-corrected chi connectivity index (χ2v) is 5.56. The van der Waals surface area contributed by atoms with Gasteiger partial charge in [-0.1, -0.05) is 32.6 Å². The fourth-order valence-corrected chi connectivity index (χ4v) is 2.39. The molecular formula is C16H23N3O4. The Morgan fingerprint density at radius 3 is 2.43 bits per heavy atom. The minimum absolute atomic E-state index is 0.218. The molecule has 1 heterocycles. The van der Waals surface area contributed by atoms with Crippen molar-refractivity contribution in [1.82, 2.24) is 10.3 Å². The van der Waals surface area contributed by atoms with Crippen LogP contribution in [0.1, 0.15) is 67.1 Å². The molecule has 7 nitrogen and oxygen atoms in total. The van der Waals surface area contributed by atoms with Gasteiger partial charge in [-0.2, -0.15) is 0 Å². The number of carbonyl (C=O) groups is 2. The van der Waals surface area contributed by atoms with E-state index in [1.165, 1.54) is 13.0 Å². The third kappa shape index (κ3) is 5.77. The van der Waals surface area contributed by atoms with Gasteiger partial charge in [0.1, 0.15) is 0 Å². The summed E-state index contributed by atoms with van der Waals surface area (Å²) in [7, 11) is 0. The summed E-state index contributed by atoms with van der Waals surface area (Å²) in [5.41, 5.74) is 0.886. The lowest BCUT2D eigenvalue weighted by molar-refractivity contribution is -0.389. The zero-order valence-electron chi connectivity index (χ0n) is 13.8. The van der Waals surface area contributed by atoms with Gasteiger partial charge in [0, 0.05) is 19.4 Å². The number of rotatable bonds is 8. The topological polar surface area (TPSA) is 102 Å². The number of carbonyl (C=O) groups excluding carboxylic acids is 2. The summed E-state index contributed by atoms with van der Waals surface area (Å²) in [6, 6.07) is 1.23. The van der Waals surface area contributed by atoms with Crippen LogP contribution < -0.4 is 5.32 Å². The van der Waals surface area contributed by atoms with Gasteiger partial charge < -0.3 is 10.1 Å². The smallest absolute Gasteiger partial charge is 0.358 e. The van der Waals surface area contributed by atoms with Crippen molar-refractivity contribution in [3.63, 3.8) is 0 Å². The van der Waals surface area contributed by atoms with E-state index >= 15 is 0 Å². The lowest BCUT2D eigenvalue weighted by Crippen LogP contribution is -2.31. The molecule has 0 saturated heterocycles. The molecule has 0 aliphatic rings. The second kappa shape index (κ2) is 8.97. The molecule has 0 saturated carbocycles. The van der Waals surface area contributed by atoms with Gasteiger partial charge in [-0.15, -0.1) is 0 Å². The molecular weight excluding hydrogens is 298 g/mol. The van der Waals surface area contributed by atoms with E-state index in [1.54, 1.807) is 6.92 Å². The van der Waals surface area contributed by atoms with Crippen LogP contribution in [0.25, 0.3) is 0 Å². The number of aromatic nitrogens is 1. The predicted octanol–water partition coefficient (Wildman–Crippen LogP) is 3.22. The first-order chi connectivity index (χ1) is 10.9. The number of unbranched alkanes of at least 4 members (excludes halogenated alkanes) is 4. The van der Waals surface area contributed by atoms with Gasteiger partial charge in [-0.25, -0.2) is 0 Å². The maximum absolute atomic E-state index is 12.2. The predicted molar refractivity (Wildman–Crippen MR) is 86.2 cm³/mol. The molecule has 0 bridgehead atoms. The van der Waals surface area contributed by atoms with Crippen molar-refractivity contribution < 1.29 is 14.5 Å². The number of amides is 2. The molecule has 1 rings (SSSR count). The van der Waals surface area contributed by atoms with Gasteiger partial charge in [-0.05, 0) is 28.8 Å². The number of hydrogen-bond acceptors (Lipinski definition) is 5. The maximum Gasteiger partial charge on any atom is 0.363 e.